The molecule has 0 saturated carbocycles. The number of carbonyl (C=O) groups excluding carboxylic acids is 1. The van der Waals surface area contributed by atoms with E-state index in [0.29, 0.717) is 16.6 Å². The minimum absolute atomic E-state index is 0.196. The molecule has 12 heteroatoms. The van der Waals surface area contributed by atoms with Gasteiger partial charge in [0.15, 0.2) is 10.8 Å². The molecular weight excluding hydrogens is 425 g/mol. The Bertz CT molecular complexity index is 956. The molecule has 0 aliphatic carbocycles. The molecule has 0 heterocycles. The molecular formula is C14H7BrF3N4O4+. The molecule has 0 atom stereocenters. The number of nitro groups is 1. The van der Waals surface area contributed by atoms with Crippen LogP contribution in [-0.4, -0.2) is 15.9 Å². The van der Waals surface area contributed by atoms with E-state index in [0.717, 1.165) is 6.07 Å². The second kappa shape index (κ2) is 7.42. The van der Waals surface area contributed by atoms with Crippen LogP contribution >= 0.6 is 15.9 Å². The zero-order chi connectivity index (χ0) is 19.5. The molecule has 0 spiro atoms. The summed E-state index contributed by atoms with van der Waals surface area (Å²) in [6.07, 6.45) is -4.97. The van der Waals surface area contributed by atoms with Gasteiger partial charge in [-0.3, -0.25) is 14.9 Å². The number of carbonyl (C=O) groups is 1. The molecule has 2 aromatic carbocycles. The van der Waals surface area contributed by atoms with E-state index in [1.807, 2.05) is 0 Å². The van der Waals surface area contributed by atoms with Crippen LogP contribution in [0.1, 0.15) is 15.9 Å². The van der Waals surface area contributed by atoms with Crippen LogP contribution in [0.5, 0.6) is 5.75 Å². The van der Waals surface area contributed by atoms with E-state index in [4.69, 9.17) is 0 Å². The third kappa shape index (κ3) is 4.49. The summed E-state index contributed by atoms with van der Waals surface area (Å²) in [6, 6.07) is 5.94. The highest BCUT2D eigenvalue weighted by atomic mass is 79.9. The lowest BCUT2D eigenvalue weighted by atomic mass is 10.1. The van der Waals surface area contributed by atoms with Crippen LogP contribution in [0.3, 0.4) is 0 Å². The predicted octanol–water partition coefficient (Wildman–Crippen LogP) is 4.53. The van der Waals surface area contributed by atoms with Gasteiger partial charge < -0.3 is 5.11 Å². The maximum atomic E-state index is 12.9. The molecule has 2 rings (SSSR count). The van der Waals surface area contributed by atoms with Crippen molar-refractivity contribution in [2.75, 3.05) is 0 Å². The van der Waals surface area contributed by atoms with E-state index in [-0.39, 0.29) is 11.3 Å². The van der Waals surface area contributed by atoms with E-state index in [9.17, 15) is 33.2 Å². The number of hydrogen-bond acceptors (Lipinski definition) is 5. The molecule has 0 fully saturated rings. The summed E-state index contributed by atoms with van der Waals surface area (Å²) < 4.78 is 39.1. The zero-order valence-electron chi connectivity index (χ0n) is 12.4. The van der Waals surface area contributed by atoms with Gasteiger partial charge in [-0.1, -0.05) is 15.9 Å². The van der Waals surface area contributed by atoms with Crippen molar-refractivity contribution in [3.63, 3.8) is 0 Å². The van der Waals surface area contributed by atoms with Crippen molar-refractivity contribution in [3.8, 4) is 5.75 Å². The average Bonchev–Trinajstić information content (AvgIpc) is 2.55. The molecule has 1 amide bonds. The summed E-state index contributed by atoms with van der Waals surface area (Å²) in [4.78, 5) is 24.4. The maximum Gasteiger partial charge on any atom is 0.423 e. The van der Waals surface area contributed by atoms with Gasteiger partial charge in [0.1, 0.15) is 11.3 Å². The topological polar surface area (TPSA) is 119 Å². The first-order valence-electron chi connectivity index (χ1n) is 6.60. The minimum Gasteiger partial charge on any atom is -0.507 e. The molecule has 0 radical (unpaired) electrons. The number of amides is 1. The standard InChI is InChI=1S/C14H6BrF3N4O4/c15-7-1-4-12(23)9(5-7)13(24)20-21-19-8-2-3-11(22(25)26)10(6-8)14(16,17)18/h1-6H/p+1. The maximum absolute atomic E-state index is 12.9. The number of nitro benzene ring substituents is 1. The lowest BCUT2D eigenvalue weighted by Gasteiger charge is -2.06. The number of rotatable bonds is 3. The second-order valence-electron chi connectivity index (χ2n) is 4.71. The van der Waals surface area contributed by atoms with E-state index in [1.165, 1.54) is 18.2 Å². The molecule has 1 N–H and O–H groups in total. The summed E-state index contributed by atoms with van der Waals surface area (Å²) in [5.74, 6) is -1.35. The van der Waals surface area contributed by atoms with Crippen LogP contribution in [-0.2, 0) is 6.18 Å². The van der Waals surface area contributed by atoms with E-state index in [1.54, 1.807) is 0 Å². The molecule has 8 nitrogen and oxygen atoms in total. The van der Waals surface area contributed by atoms with Crippen LogP contribution in [0.2, 0.25) is 0 Å². The summed E-state index contributed by atoms with van der Waals surface area (Å²) in [5.41, 5.74) is -3.23. The van der Waals surface area contributed by atoms with Gasteiger partial charge in [-0.15, -0.1) is 0 Å². The molecule has 0 aromatic heterocycles. The van der Waals surface area contributed by atoms with Crippen molar-refractivity contribution in [1.29, 1.82) is 0 Å². The fourth-order valence-electron chi connectivity index (χ4n) is 1.82. The quantitative estimate of drug-likeness (QED) is 0.332. The number of benzene rings is 2. The van der Waals surface area contributed by atoms with E-state index in [2.05, 4.69) is 31.1 Å². The first-order valence-corrected chi connectivity index (χ1v) is 7.39. The normalized spacial score (nSPS) is 10.8. The number of alkyl halides is 3. The van der Waals surface area contributed by atoms with Crippen molar-refractivity contribution in [2.24, 2.45) is 10.2 Å². The predicted molar refractivity (Wildman–Crippen MR) is 84.9 cm³/mol. The Morgan fingerprint density at radius 1 is 1.23 bits per heavy atom. The Morgan fingerprint density at radius 3 is 2.54 bits per heavy atom. The van der Waals surface area contributed by atoms with Crippen molar-refractivity contribution < 1.29 is 28.0 Å². The average molecular weight is 432 g/mol. The summed E-state index contributed by atoms with van der Waals surface area (Å²) in [5, 5.41) is 26.7. The van der Waals surface area contributed by atoms with Crippen LogP contribution in [0.15, 0.2) is 51.1 Å². The van der Waals surface area contributed by atoms with Crippen molar-refractivity contribution in [1.82, 2.24) is 4.91 Å². The first kappa shape index (κ1) is 19.2. The molecule has 0 bridgehead atoms. The second-order valence-corrected chi connectivity index (χ2v) is 5.63. The van der Waals surface area contributed by atoms with Gasteiger partial charge in [0.05, 0.1) is 10.5 Å². The number of phenolic OH excluding ortho intramolecular Hbond substituents is 1. The number of phenols is 1. The van der Waals surface area contributed by atoms with Crippen LogP contribution in [0.25, 0.3) is 0 Å². The fraction of sp³-hybridized carbons (Fsp3) is 0.0714. The highest BCUT2D eigenvalue weighted by Crippen LogP contribution is 2.38. The van der Waals surface area contributed by atoms with Crippen molar-refractivity contribution >= 4 is 33.2 Å². The molecule has 0 aliphatic heterocycles. The Labute approximate surface area is 151 Å². The molecule has 2 aromatic rings. The number of hydrogen-bond donors (Lipinski definition) is 1. The highest BCUT2D eigenvalue weighted by Gasteiger charge is 2.38. The minimum atomic E-state index is -4.97. The third-order valence-electron chi connectivity index (χ3n) is 2.97. The Morgan fingerprint density at radius 2 is 1.92 bits per heavy atom. The van der Waals surface area contributed by atoms with Gasteiger partial charge in [0, 0.05) is 10.5 Å². The van der Waals surface area contributed by atoms with E-state index < -0.39 is 33.9 Å². The monoisotopic (exact) mass is 431 g/mol. The summed E-state index contributed by atoms with van der Waals surface area (Å²) in [7, 11) is 0. The SMILES string of the molecule is O=C(N=[N+]=Nc1ccc([N+](=O)[O-])c(C(F)(F)F)c1)c1cc(Br)ccc1O. The number of halogens is 4. The fourth-order valence-corrected chi connectivity index (χ4v) is 2.18. The molecule has 0 unspecified atom stereocenters. The van der Waals surface area contributed by atoms with Gasteiger partial charge in [0.2, 0.25) is 10.0 Å². The molecule has 0 aliphatic rings. The van der Waals surface area contributed by atoms with Crippen molar-refractivity contribution in [3.05, 3.63) is 62.1 Å². The van der Waals surface area contributed by atoms with Gasteiger partial charge in [-0.2, -0.15) is 13.2 Å². The molecule has 26 heavy (non-hydrogen) atoms. The lowest BCUT2D eigenvalue weighted by Crippen LogP contribution is -2.08. The summed E-state index contributed by atoms with van der Waals surface area (Å²) >= 11 is 3.09. The van der Waals surface area contributed by atoms with Gasteiger partial charge in [0.25, 0.3) is 5.69 Å². The Kier molecular flexibility index (Phi) is 5.48. The van der Waals surface area contributed by atoms with E-state index >= 15 is 0 Å². The van der Waals surface area contributed by atoms with Crippen molar-refractivity contribution in [2.45, 2.75) is 6.18 Å². The molecule has 0 saturated heterocycles. The number of nitrogens with zero attached hydrogens (tertiary/aromatic N) is 4. The number of aromatic hydroxyl groups is 1. The van der Waals surface area contributed by atoms with Gasteiger partial charge in [-0.05, 0) is 30.3 Å². The third-order valence-corrected chi connectivity index (χ3v) is 3.46. The van der Waals surface area contributed by atoms with Crippen LogP contribution < -0.4 is 4.91 Å². The zero-order valence-corrected chi connectivity index (χ0v) is 14.0. The molecule has 134 valence electrons. The lowest BCUT2D eigenvalue weighted by molar-refractivity contribution is -0.388. The van der Waals surface area contributed by atoms with Gasteiger partial charge in [-0.25, -0.2) is 0 Å². The largest absolute Gasteiger partial charge is 0.507 e. The smallest absolute Gasteiger partial charge is 0.423 e. The Hall–Kier alpha value is -3.11. The first-order chi connectivity index (χ1) is 12.1. The summed E-state index contributed by atoms with van der Waals surface area (Å²) in [6.45, 7) is 0. The Balaban J connectivity index is 2.35. The highest BCUT2D eigenvalue weighted by molar-refractivity contribution is 9.10. The van der Waals surface area contributed by atoms with Crippen LogP contribution in [0, 0.1) is 10.1 Å². The van der Waals surface area contributed by atoms with Crippen LogP contribution in [0.4, 0.5) is 24.5 Å². The van der Waals surface area contributed by atoms with Gasteiger partial charge >= 0.3 is 12.1 Å².